The summed E-state index contributed by atoms with van der Waals surface area (Å²) < 4.78 is 7.16. The van der Waals surface area contributed by atoms with E-state index in [0.717, 1.165) is 16.8 Å². The number of nitrogens with zero attached hydrogens (tertiary/aromatic N) is 4. The molecule has 2 aromatic heterocycles. The van der Waals surface area contributed by atoms with E-state index in [1.165, 1.54) is 6.33 Å². The molecule has 0 saturated carbocycles. The average Bonchev–Trinajstić information content (AvgIpc) is 3.10. The first-order valence-corrected chi connectivity index (χ1v) is 7.21. The molecule has 0 aliphatic heterocycles. The summed E-state index contributed by atoms with van der Waals surface area (Å²) in [5, 5.41) is 4.07. The molecule has 0 amide bonds. The SMILES string of the molecule is Cc1cc(-n2cncn2)ccc1C(=O)O[C@H](C)c1cccnc1. The molecule has 0 unspecified atom stereocenters. The Labute approximate surface area is 133 Å². The van der Waals surface area contributed by atoms with E-state index in [0.29, 0.717) is 5.56 Å². The Morgan fingerprint density at radius 2 is 2.13 bits per heavy atom. The Bertz CT molecular complexity index is 801. The molecule has 0 aliphatic carbocycles. The Balaban J connectivity index is 1.77. The topological polar surface area (TPSA) is 69.9 Å². The number of hydrogen-bond donors (Lipinski definition) is 0. The monoisotopic (exact) mass is 308 g/mol. The van der Waals surface area contributed by atoms with Crippen molar-refractivity contribution < 1.29 is 9.53 Å². The normalized spacial score (nSPS) is 11.9. The Morgan fingerprint density at radius 3 is 2.78 bits per heavy atom. The van der Waals surface area contributed by atoms with Gasteiger partial charge in [-0.25, -0.2) is 14.5 Å². The van der Waals surface area contributed by atoms with Crippen LogP contribution in [0.3, 0.4) is 0 Å². The lowest BCUT2D eigenvalue weighted by atomic mass is 10.1. The number of carbonyl (C=O) groups is 1. The van der Waals surface area contributed by atoms with Gasteiger partial charge in [0.25, 0.3) is 0 Å². The minimum atomic E-state index is -0.357. The van der Waals surface area contributed by atoms with Crippen molar-refractivity contribution in [2.75, 3.05) is 0 Å². The van der Waals surface area contributed by atoms with Crippen molar-refractivity contribution in [2.45, 2.75) is 20.0 Å². The first-order chi connectivity index (χ1) is 11.1. The second kappa shape index (κ2) is 6.39. The number of hydrogen-bond acceptors (Lipinski definition) is 5. The van der Waals surface area contributed by atoms with Crippen LogP contribution in [0.1, 0.15) is 34.5 Å². The van der Waals surface area contributed by atoms with Crippen molar-refractivity contribution in [3.8, 4) is 5.69 Å². The van der Waals surface area contributed by atoms with Crippen LogP contribution in [0.2, 0.25) is 0 Å². The maximum Gasteiger partial charge on any atom is 0.338 e. The lowest BCUT2D eigenvalue weighted by Crippen LogP contribution is -2.11. The molecule has 6 heteroatoms. The van der Waals surface area contributed by atoms with E-state index in [9.17, 15) is 4.79 Å². The highest BCUT2D eigenvalue weighted by atomic mass is 16.5. The fourth-order valence-corrected chi connectivity index (χ4v) is 2.27. The van der Waals surface area contributed by atoms with Gasteiger partial charge >= 0.3 is 5.97 Å². The van der Waals surface area contributed by atoms with E-state index < -0.39 is 0 Å². The highest BCUT2D eigenvalue weighted by Crippen LogP contribution is 2.20. The molecule has 23 heavy (non-hydrogen) atoms. The van der Waals surface area contributed by atoms with Crippen molar-refractivity contribution in [1.29, 1.82) is 0 Å². The zero-order valence-corrected chi connectivity index (χ0v) is 12.9. The zero-order valence-electron chi connectivity index (χ0n) is 12.9. The minimum absolute atomic E-state index is 0.356. The lowest BCUT2D eigenvalue weighted by Gasteiger charge is -2.14. The third kappa shape index (κ3) is 3.26. The molecule has 1 atom stereocenters. The van der Waals surface area contributed by atoms with Gasteiger partial charge in [-0.15, -0.1) is 0 Å². The van der Waals surface area contributed by atoms with E-state index in [4.69, 9.17) is 4.74 Å². The molecule has 0 spiro atoms. The number of ether oxygens (including phenoxy) is 1. The second-order valence-electron chi connectivity index (χ2n) is 5.17. The fourth-order valence-electron chi connectivity index (χ4n) is 2.27. The molecular formula is C17H16N4O2. The Kier molecular flexibility index (Phi) is 4.14. The number of aryl methyl sites for hydroxylation is 1. The minimum Gasteiger partial charge on any atom is -0.454 e. The first kappa shape index (κ1) is 14.9. The zero-order chi connectivity index (χ0) is 16.2. The lowest BCUT2D eigenvalue weighted by molar-refractivity contribution is 0.0336. The average molecular weight is 308 g/mol. The number of benzene rings is 1. The predicted molar refractivity (Wildman–Crippen MR) is 84.2 cm³/mol. The maximum absolute atomic E-state index is 12.4. The summed E-state index contributed by atoms with van der Waals surface area (Å²) in [7, 11) is 0. The number of carbonyl (C=O) groups excluding carboxylic acids is 1. The van der Waals surface area contributed by atoms with Crippen LogP contribution in [0.5, 0.6) is 0 Å². The van der Waals surface area contributed by atoms with Gasteiger partial charge in [0.1, 0.15) is 18.8 Å². The van der Waals surface area contributed by atoms with Crippen LogP contribution in [-0.4, -0.2) is 25.7 Å². The summed E-state index contributed by atoms with van der Waals surface area (Å²) in [6.45, 7) is 3.69. The summed E-state index contributed by atoms with van der Waals surface area (Å²) in [6.07, 6.45) is 6.10. The van der Waals surface area contributed by atoms with Crippen molar-refractivity contribution in [3.63, 3.8) is 0 Å². The summed E-state index contributed by atoms with van der Waals surface area (Å²) in [5.41, 5.74) is 3.06. The molecule has 2 heterocycles. The fraction of sp³-hybridized carbons (Fsp3) is 0.176. The molecule has 0 bridgehead atoms. The highest BCUT2D eigenvalue weighted by molar-refractivity contribution is 5.91. The standard InChI is InChI=1S/C17H16N4O2/c1-12-8-15(21-11-19-10-20-21)5-6-16(12)17(22)23-13(2)14-4-3-7-18-9-14/h3-11,13H,1-2H3/t13-/m1/s1. The van der Waals surface area contributed by atoms with E-state index in [1.54, 1.807) is 29.5 Å². The van der Waals surface area contributed by atoms with Gasteiger partial charge in [0.15, 0.2) is 0 Å². The molecule has 0 fully saturated rings. The van der Waals surface area contributed by atoms with Crippen LogP contribution in [0.4, 0.5) is 0 Å². The third-order valence-electron chi connectivity index (χ3n) is 3.55. The van der Waals surface area contributed by atoms with E-state index in [2.05, 4.69) is 15.1 Å². The van der Waals surface area contributed by atoms with Gasteiger partial charge in [0.2, 0.25) is 0 Å². The van der Waals surface area contributed by atoms with Crippen molar-refractivity contribution in [3.05, 3.63) is 72.1 Å². The molecule has 3 aromatic rings. The van der Waals surface area contributed by atoms with Crippen LogP contribution in [0, 0.1) is 6.92 Å². The second-order valence-corrected chi connectivity index (χ2v) is 5.17. The van der Waals surface area contributed by atoms with Crippen LogP contribution < -0.4 is 0 Å². The predicted octanol–water partition coefficient (Wildman–Crippen LogP) is 2.89. The molecule has 0 saturated heterocycles. The van der Waals surface area contributed by atoms with Gasteiger partial charge in [-0.3, -0.25) is 4.98 Å². The van der Waals surface area contributed by atoms with Gasteiger partial charge in [-0.2, -0.15) is 5.10 Å². The summed E-state index contributed by atoms with van der Waals surface area (Å²) in [4.78, 5) is 20.3. The molecule has 116 valence electrons. The molecule has 3 rings (SSSR count). The molecule has 1 aromatic carbocycles. The molecule has 0 radical (unpaired) electrons. The molecule has 0 aliphatic rings. The summed E-state index contributed by atoms with van der Waals surface area (Å²) >= 11 is 0. The largest absolute Gasteiger partial charge is 0.454 e. The maximum atomic E-state index is 12.4. The van der Waals surface area contributed by atoms with E-state index in [-0.39, 0.29) is 12.1 Å². The van der Waals surface area contributed by atoms with Gasteiger partial charge < -0.3 is 4.74 Å². The van der Waals surface area contributed by atoms with Crippen LogP contribution in [-0.2, 0) is 4.74 Å². The molecular weight excluding hydrogens is 292 g/mol. The highest BCUT2D eigenvalue weighted by Gasteiger charge is 2.16. The number of esters is 1. The number of rotatable bonds is 4. The Morgan fingerprint density at radius 1 is 1.26 bits per heavy atom. The molecule has 0 N–H and O–H groups in total. The van der Waals surface area contributed by atoms with Crippen LogP contribution in [0.25, 0.3) is 5.69 Å². The van der Waals surface area contributed by atoms with Crippen molar-refractivity contribution in [1.82, 2.24) is 19.7 Å². The van der Waals surface area contributed by atoms with Gasteiger partial charge in [0, 0.05) is 18.0 Å². The summed E-state index contributed by atoms with van der Waals surface area (Å²) in [5.74, 6) is -0.357. The smallest absolute Gasteiger partial charge is 0.338 e. The van der Waals surface area contributed by atoms with Crippen molar-refractivity contribution >= 4 is 5.97 Å². The van der Waals surface area contributed by atoms with Gasteiger partial charge in [0.05, 0.1) is 11.3 Å². The van der Waals surface area contributed by atoms with Crippen LogP contribution in [0.15, 0.2) is 55.4 Å². The Hall–Kier alpha value is -3.02. The van der Waals surface area contributed by atoms with Crippen LogP contribution >= 0.6 is 0 Å². The first-order valence-electron chi connectivity index (χ1n) is 7.21. The van der Waals surface area contributed by atoms with E-state index >= 15 is 0 Å². The number of pyridine rings is 1. The van der Waals surface area contributed by atoms with Crippen molar-refractivity contribution in [2.24, 2.45) is 0 Å². The quantitative estimate of drug-likeness (QED) is 0.693. The molecule has 6 nitrogen and oxygen atoms in total. The number of aromatic nitrogens is 4. The van der Waals surface area contributed by atoms with E-state index in [1.807, 2.05) is 38.1 Å². The summed E-state index contributed by atoms with van der Waals surface area (Å²) in [6, 6.07) is 9.13. The van der Waals surface area contributed by atoms with Gasteiger partial charge in [-0.1, -0.05) is 6.07 Å². The van der Waals surface area contributed by atoms with Gasteiger partial charge in [-0.05, 0) is 43.7 Å². The third-order valence-corrected chi connectivity index (χ3v) is 3.55.